The molecule has 1 aliphatic heterocycles. The molecule has 20 heavy (non-hydrogen) atoms. The first-order valence-corrected chi connectivity index (χ1v) is 6.51. The van der Waals surface area contributed by atoms with E-state index in [2.05, 4.69) is 0 Å². The van der Waals surface area contributed by atoms with Gasteiger partial charge in [-0.05, 0) is 30.5 Å². The highest BCUT2D eigenvalue weighted by Gasteiger charge is 2.35. The van der Waals surface area contributed by atoms with Gasteiger partial charge in [0.1, 0.15) is 0 Å². The van der Waals surface area contributed by atoms with Crippen molar-refractivity contribution >= 4 is 5.91 Å². The number of amides is 1. The molecule has 0 spiro atoms. The van der Waals surface area contributed by atoms with Crippen molar-refractivity contribution in [3.05, 3.63) is 35.4 Å². The van der Waals surface area contributed by atoms with E-state index in [4.69, 9.17) is 10.5 Å². The van der Waals surface area contributed by atoms with Gasteiger partial charge in [0.2, 0.25) is 5.91 Å². The lowest BCUT2D eigenvalue weighted by Crippen LogP contribution is -2.41. The van der Waals surface area contributed by atoms with Gasteiger partial charge in [-0.2, -0.15) is 0 Å². The van der Waals surface area contributed by atoms with Gasteiger partial charge in [0, 0.05) is 20.2 Å². The summed E-state index contributed by atoms with van der Waals surface area (Å²) in [5, 5.41) is 0. The molecule has 1 aromatic carbocycles. The average molecular weight is 284 g/mol. The molecule has 1 heterocycles. The summed E-state index contributed by atoms with van der Waals surface area (Å²) in [6, 6.07) is 3.48. The van der Waals surface area contributed by atoms with E-state index in [-0.39, 0.29) is 18.1 Å². The first kappa shape index (κ1) is 14.9. The molecule has 1 amide bonds. The van der Waals surface area contributed by atoms with Crippen LogP contribution in [-0.4, -0.2) is 43.2 Å². The fourth-order valence-corrected chi connectivity index (χ4v) is 2.54. The van der Waals surface area contributed by atoms with E-state index >= 15 is 0 Å². The summed E-state index contributed by atoms with van der Waals surface area (Å²) in [5.74, 6) is -2.09. The molecule has 0 unspecified atom stereocenters. The third kappa shape index (κ3) is 3.32. The highest BCUT2D eigenvalue weighted by Crippen LogP contribution is 2.20. The number of carbonyl (C=O) groups excluding carboxylic acids is 1. The molecule has 0 radical (unpaired) electrons. The Morgan fingerprint density at radius 1 is 1.45 bits per heavy atom. The van der Waals surface area contributed by atoms with Crippen LogP contribution < -0.4 is 5.73 Å². The minimum atomic E-state index is -0.857. The van der Waals surface area contributed by atoms with Crippen molar-refractivity contribution in [3.8, 4) is 0 Å². The Balaban J connectivity index is 1.98. The SMILES string of the molecule is CO[C@H]1C[C@@H](C(N)=O)N(CCc2ccc(F)c(F)c2)C1. The summed E-state index contributed by atoms with van der Waals surface area (Å²) >= 11 is 0. The molecule has 110 valence electrons. The standard InChI is InChI=1S/C14H18F2N2O2/c1-20-10-7-13(14(17)19)18(8-10)5-4-9-2-3-11(15)12(16)6-9/h2-3,6,10,13H,4-5,7-8H2,1H3,(H2,17,19)/t10-,13-/m0/s1. The molecule has 0 aromatic heterocycles. The zero-order valence-corrected chi connectivity index (χ0v) is 11.3. The second-order valence-electron chi connectivity index (χ2n) is 5.00. The molecule has 1 fully saturated rings. The summed E-state index contributed by atoms with van der Waals surface area (Å²) in [6.45, 7) is 1.17. The van der Waals surface area contributed by atoms with Crippen molar-refractivity contribution in [1.29, 1.82) is 0 Å². The van der Waals surface area contributed by atoms with Crippen molar-refractivity contribution in [1.82, 2.24) is 4.90 Å². The molecule has 1 aromatic rings. The zero-order valence-electron chi connectivity index (χ0n) is 11.3. The predicted molar refractivity (Wildman–Crippen MR) is 70.0 cm³/mol. The van der Waals surface area contributed by atoms with Gasteiger partial charge < -0.3 is 10.5 Å². The largest absolute Gasteiger partial charge is 0.380 e. The van der Waals surface area contributed by atoms with Gasteiger partial charge in [0.05, 0.1) is 12.1 Å². The van der Waals surface area contributed by atoms with E-state index in [1.54, 1.807) is 13.2 Å². The van der Waals surface area contributed by atoms with Crippen LogP contribution in [0.15, 0.2) is 18.2 Å². The summed E-state index contributed by atoms with van der Waals surface area (Å²) in [6.07, 6.45) is 1.08. The van der Waals surface area contributed by atoms with Crippen LogP contribution in [0, 0.1) is 11.6 Å². The van der Waals surface area contributed by atoms with E-state index < -0.39 is 11.6 Å². The number of nitrogens with zero attached hydrogens (tertiary/aromatic N) is 1. The molecule has 2 atom stereocenters. The highest BCUT2D eigenvalue weighted by molar-refractivity contribution is 5.80. The number of benzene rings is 1. The van der Waals surface area contributed by atoms with Gasteiger partial charge in [0.25, 0.3) is 0 Å². The molecular formula is C14H18F2N2O2. The van der Waals surface area contributed by atoms with Crippen molar-refractivity contribution in [2.45, 2.75) is 25.0 Å². The first-order chi connectivity index (χ1) is 9.51. The molecular weight excluding hydrogens is 266 g/mol. The van der Waals surface area contributed by atoms with Crippen LogP contribution in [0.4, 0.5) is 8.78 Å². The smallest absolute Gasteiger partial charge is 0.234 e. The number of methoxy groups -OCH3 is 1. The second kappa shape index (κ2) is 6.28. The number of nitrogens with two attached hydrogens (primary N) is 1. The van der Waals surface area contributed by atoms with E-state index in [0.29, 0.717) is 31.5 Å². The number of halogens is 2. The quantitative estimate of drug-likeness (QED) is 0.880. The van der Waals surface area contributed by atoms with Gasteiger partial charge in [0.15, 0.2) is 11.6 Å². The van der Waals surface area contributed by atoms with E-state index in [1.807, 2.05) is 4.90 Å². The van der Waals surface area contributed by atoms with Gasteiger partial charge in [-0.1, -0.05) is 6.07 Å². The second-order valence-corrected chi connectivity index (χ2v) is 5.00. The van der Waals surface area contributed by atoms with E-state index in [0.717, 1.165) is 6.07 Å². The van der Waals surface area contributed by atoms with E-state index in [9.17, 15) is 13.6 Å². The van der Waals surface area contributed by atoms with Crippen LogP contribution in [0.5, 0.6) is 0 Å². The normalized spacial score (nSPS) is 23.1. The predicted octanol–water partition coefficient (Wildman–Crippen LogP) is 1.08. The van der Waals surface area contributed by atoms with Gasteiger partial charge >= 0.3 is 0 Å². The fraction of sp³-hybridized carbons (Fsp3) is 0.500. The molecule has 0 aliphatic carbocycles. The minimum absolute atomic E-state index is 0.0162. The maximum Gasteiger partial charge on any atom is 0.234 e. The first-order valence-electron chi connectivity index (χ1n) is 6.51. The van der Waals surface area contributed by atoms with Crippen LogP contribution >= 0.6 is 0 Å². The Labute approximate surface area is 116 Å². The number of likely N-dealkylation sites (tertiary alicyclic amines) is 1. The van der Waals surface area contributed by atoms with Crippen LogP contribution in [0.2, 0.25) is 0 Å². The molecule has 2 N–H and O–H groups in total. The number of rotatable bonds is 5. The van der Waals surface area contributed by atoms with Gasteiger partial charge in [-0.3, -0.25) is 9.69 Å². The number of hydrogen-bond donors (Lipinski definition) is 1. The number of primary amides is 1. The fourth-order valence-electron chi connectivity index (χ4n) is 2.54. The lowest BCUT2D eigenvalue weighted by Gasteiger charge is -2.21. The Morgan fingerprint density at radius 2 is 2.20 bits per heavy atom. The molecule has 2 rings (SSSR count). The molecule has 1 saturated heterocycles. The molecule has 6 heteroatoms. The Hall–Kier alpha value is -1.53. The average Bonchev–Trinajstić information content (AvgIpc) is 2.84. The molecule has 0 saturated carbocycles. The number of hydrogen-bond acceptors (Lipinski definition) is 3. The van der Waals surface area contributed by atoms with E-state index in [1.165, 1.54) is 6.07 Å². The zero-order chi connectivity index (χ0) is 14.7. The van der Waals surface area contributed by atoms with Crippen LogP contribution in [0.1, 0.15) is 12.0 Å². The van der Waals surface area contributed by atoms with Crippen molar-refractivity contribution in [2.24, 2.45) is 5.73 Å². The number of carbonyl (C=O) groups is 1. The Bertz CT molecular complexity index is 496. The Kier molecular flexibility index (Phi) is 4.67. The molecule has 1 aliphatic rings. The Morgan fingerprint density at radius 3 is 2.80 bits per heavy atom. The topological polar surface area (TPSA) is 55.6 Å². The van der Waals surface area contributed by atoms with Crippen molar-refractivity contribution in [2.75, 3.05) is 20.2 Å². The molecule has 4 nitrogen and oxygen atoms in total. The summed E-state index contributed by atoms with van der Waals surface area (Å²) in [7, 11) is 1.60. The number of ether oxygens (including phenoxy) is 1. The van der Waals surface area contributed by atoms with Gasteiger partial charge in [-0.15, -0.1) is 0 Å². The van der Waals surface area contributed by atoms with Crippen LogP contribution in [0.3, 0.4) is 0 Å². The van der Waals surface area contributed by atoms with Crippen LogP contribution in [0.25, 0.3) is 0 Å². The molecule has 0 bridgehead atoms. The third-order valence-electron chi connectivity index (χ3n) is 3.70. The summed E-state index contributed by atoms with van der Waals surface area (Å²) in [5.41, 5.74) is 6.06. The van der Waals surface area contributed by atoms with Crippen LogP contribution in [-0.2, 0) is 16.0 Å². The lowest BCUT2D eigenvalue weighted by atomic mass is 10.1. The maximum atomic E-state index is 13.1. The third-order valence-corrected chi connectivity index (χ3v) is 3.70. The summed E-state index contributed by atoms with van der Waals surface area (Å²) < 4.78 is 31.2. The maximum absolute atomic E-state index is 13.1. The lowest BCUT2D eigenvalue weighted by molar-refractivity contribution is -0.122. The monoisotopic (exact) mass is 284 g/mol. The van der Waals surface area contributed by atoms with Crippen molar-refractivity contribution in [3.63, 3.8) is 0 Å². The highest BCUT2D eigenvalue weighted by atomic mass is 19.2. The minimum Gasteiger partial charge on any atom is -0.380 e. The van der Waals surface area contributed by atoms with Crippen molar-refractivity contribution < 1.29 is 18.3 Å². The summed E-state index contributed by atoms with van der Waals surface area (Å²) in [4.78, 5) is 13.3. The van der Waals surface area contributed by atoms with Gasteiger partial charge in [-0.25, -0.2) is 8.78 Å².